The highest BCUT2D eigenvalue weighted by molar-refractivity contribution is 9.10. The van der Waals surface area contributed by atoms with E-state index in [9.17, 15) is 5.26 Å². The summed E-state index contributed by atoms with van der Waals surface area (Å²) in [6.45, 7) is 0. The minimum atomic E-state index is -0.0447. The van der Waals surface area contributed by atoms with Gasteiger partial charge in [-0.05, 0) is 48.2 Å². The quantitative estimate of drug-likeness (QED) is 0.693. The van der Waals surface area contributed by atoms with Crippen LogP contribution in [0.25, 0.3) is 0 Å². The van der Waals surface area contributed by atoms with Gasteiger partial charge >= 0.3 is 0 Å². The van der Waals surface area contributed by atoms with Gasteiger partial charge in [-0.15, -0.1) is 0 Å². The second kappa shape index (κ2) is 6.88. The zero-order chi connectivity index (χ0) is 13.7. The topological polar surface area (TPSA) is 23.8 Å². The van der Waals surface area contributed by atoms with E-state index in [1.165, 1.54) is 5.56 Å². The Morgan fingerprint density at radius 3 is 1.95 bits per heavy atom. The molecule has 0 heterocycles. The Bertz CT molecular complexity index is 567. The molecule has 1 unspecified atom stereocenters. The largest absolute Gasteiger partial charge is 0.198 e. The Hall–Kier alpha value is -1.11. The maximum atomic E-state index is 9.30. The average molecular weight is 379 g/mol. The van der Waals surface area contributed by atoms with Gasteiger partial charge in [-0.2, -0.15) is 5.26 Å². The van der Waals surface area contributed by atoms with Gasteiger partial charge in [-0.25, -0.2) is 0 Å². The van der Waals surface area contributed by atoms with E-state index in [1.54, 1.807) is 0 Å². The molecular weight excluding hydrogens is 366 g/mol. The predicted molar refractivity (Wildman–Crippen MR) is 85.0 cm³/mol. The second-order valence-electron chi connectivity index (χ2n) is 4.40. The second-order valence-corrected chi connectivity index (χ2v) is 6.23. The molecule has 1 nitrogen and oxygen atoms in total. The summed E-state index contributed by atoms with van der Waals surface area (Å²) < 4.78 is 2.13. The Balaban J connectivity index is 2.02. The van der Waals surface area contributed by atoms with Crippen molar-refractivity contribution in [3.05, 3.63) is 68.6 Å². The lowest BCUT2D eigenvalue weighted by molar-refractivity contribution is 0.746. The van der Waals surface area contributed by atoms with Gasteiger partial charge in [0.25, 0.3) is 0 Å². The molecule has 0 aliphatic carbocycles. The zero-order valence-corrected chi connectivity index (χ0v) is 13.5. The summed E-state index contributed by atoms with van der Waals surface area (Å²) in [5.41, 5.74) is 2.35. The summed E-state index contributed by atoms with van der Waals surface area (Å²) in [6, 6.07) is 18.7. The number of hydrogen-bond donors (Lipinski definition) is 0. The molecule has 0 aliphatic rings. The number of benzene rings is 2. The van der Waals surface area contributed by atoms with Gasteiger partial charge in [0.2, 0.25) is 0 Å². The molecule has 19 heavy (non-hydrogen) atoms. The molecule has 0 aromatic heterocycles. The molecule has 0 saturated heterocycles. The number of hydrogen-bond acceptors (Lipinski definition) is 1. The Labute approximate surface area is 130 Å². The summed E-state index contributed by atoms with van der Waals surface area (Å²) in [5.74, 6) is -0.0447. The van der Waals surface area contributed by atoms with Crippen molar-refractivity contribution in [2.24, 2.45) is 0 Å². The van der Waals surface area contributed by atoms with Gasteiger partial charge in [0.15, 0.2) is 0 Å². The predicted octanol–water partition coefficient (Wildman–Crippen LogP) is 5.45. The van der Waals surface area contributed by atoms with E-state index in [0.717, 1.165) is 27.4 Å². The van der Waals surface area contributed by atoms with Gasteiger partial charge in [0.05, 0.1) is 12.0 Å². The van der Waals surface area contributed by atoms with Gasteiger partial charge in [-0.1, -0.05) is 56.1 Å². The molecule has 96 valence electrons. The van der Waals surface area contributed by atoms with E-state index in [1.807, 2.05) is 36.4 Å². The first kappa shape index (κ1) is 14.3. The van der Waals surface area contributed by atoms with Crippen molar-refractivity contribution in [1.82, 2.24) is 0 Å². The van der Waals surface area contributed by atoms with Crippen molar-refractivity contribution in [1.29, 1.82) is 5.26 Å². The molecule has 0 radical (unpaired) electrons. The normalized spacial score (nSPS) is 11.8. The summed E-state index contributed by atoms with van der Waals surface area (Å²) >= 11 is 6.84. The van der Waals surface area contributed by atoms with Crippen molar-refractivity contribution in [2.75, 3.05) is 0 Å². The maximum Gasteiger partial charge on any atom is 0.0715 e. The number of rotatable bonds is 4. The molecule has 0 N–H and O–H groups in total. The standard InChI is InChI=1S/C16H13Br2N/c17-15-7-2-12(3-8-15)1-4-14(11-19)13-5-9-16(18)10-6-13/h2-3,5-10,14H,1,4H2. The Morgan fingerprint density at radius 2 is 1.42 bits per heavy atom. The zero-order valence-electron chi connectivity index (χ0n) is 10.3. The third-order valence-corrected chi connectivity index (χ3v) is 4.12. The fourth-order valence-electron chi connectivity index (χ4n) is 1.96. The third kappa shape index (κ3) is 4.19. The maximum absolute atomic E-state index is 9.30. The molecule has 2 aromatic rings. The lowest BCUT2D eigenvalue weighted by atomic mass is 9.94. The summed E-state index contributed by atoms with van der Waals surface area (Å²) in [4.78, 5) is 0. The molecule has 0 fully saturated rings. The van der Waals surface area contributed by atoms with Crippen LogP contribution in [0.3, 0.4) is 0 Å². The van der Waals surface area contributed by atoms with Crippen LogP contribution in [0.2, 0.25) is 0 Å². The average Bonchev–Trinajstić information content (AvgIpc) is 2.43. The molecular formula is C16H13Br2N. The van der Waals surface area contributed by atoms with E-state index in [2.05, 4.69) is 50.1 Å². The van der Waals surface area contributed by atoms with Crippen LogP contribution in [-0.4, -0.2) is 0 Å². The van der Waals surface area contributed by atoms with Crippen molar-refractivity contribution in [2.45, 2.75) is 18.8 Å². The van der Waals surface area contributed by atoms with Crippen LogP contribution >= 0.6 is 31.9 Å². The smallest absolute Gasteiger partial charge is 0.0715 e. The fraction of sp³-hybridized carbons (Fsp3) is 0.188. The summed E-state index contributed by atoms with van der Waals surface area (Å²) in [6.07, 6.45) is 1.77. The van der Waals surface area contributed by atoms with Crippen LogP contribution in [0.5, 0.6) is 0 Å². The van der Waals surface area contributed by atoms with Crippen LogP contribution in [0.15, 0.2) is 57.5 Å². The number of aryl methyl sites for hydroxylation is 1. The molecule has 3 heteroatoms. The van der Waals surface area contributed by atoms with Crippen LogP contribution in [0, 0.1) is 11.3 Å². The highest BCUT2D eigenvalue weighted by Gasteiger charge is 2.10. The number of nitrogens with zero attached hydrogens (tertiary/aromatic N) is 1. The van der Waals surface area contributed by atoms with Crippen LogP contribution in [0.4, 0.5) is 0 Å². The molecule has 2 aromatic carbocycles. The van der Waals surface area contributed by atoms with Gasteiger partial charge < -0.3 is 0 Å². The minimum Gasteiger partial charge on any atom is -0.198 e. The molecule has 1 atom stereocenters. The fourth-order valence-corrected chi connectivity index (χ4v) is 2.49. The summed E-state index contributed by atoms with van der Waals surface area (Å²) in [5, 5.41) is 9.30. The minimum absolute atomic E-state index is 0.0447. The van der Waals surface area contributed by atoms with Gasteiger partial charge in [0, 0.05) is 8.95 Å². The van der Waals surface area contributed by atoms with Gasteiger partial charge in [0.1, 0.15) is 0 Å². The van der Waals surface area contributed by atoms with E-state index >= 15 is 0 Å². The SMILES string of the molecule is N#CC(CCc1ccc(Br)cc1)c1ccc(Br)cc1. The monoisotopic (exact) mass is 377 g/mol. The highest BCUT2D eigenvalue weighted by atomic mass is 79.9. The lowest BCUT2D eigenvalue weighted by Crippen LogP contribution is -1.98. The van der Waals surface area contributed by atoms with Crippen LogP contribution in [0.1, 0.15) is 23.5 Å². The number of nitriles is 1. The van der Waals surface area contributed by atoms with Gasteiger partial charge in [-0.3, -0.25) is 0 Å². The molecule has 0 bridgehead atoms. The van der Waals surface area contributed by atoms with E-state index in [-0.39, 0.29) is 5.92 Å². The first-order chi connectivity index (χ1) is 9.19. The molecule has 2 rings (SSSR count). The molecule has 0 saturated carbocycles. The van der Waals surface area contributed by atoms with E-state index < -0.39 is 0 Å². The van der Waals surface area contributed by atoms with E-state index in [0.29, 0.717) is 0 Å². The van der Waals surface area contributed by atoms with Crippen molar-refractivity contribution in [3.8, 4) is 6.07 Å². The Kier molecular flexibility index (Phi) is 5.18. The summed E-state index contributed by atoms with van der Waals surface area (Å²) in [7, 11) is 0. The van der Waals surface area contributed by atoms with Crippen LogP contribution in [-0.2, 0) is 6.42 Å². The van der Waals surface area contributed by atoms with Crippen LogP contribution < -0.4 is 0 Å². The van der Waals surface area contributed by atoms with E-state index in [4.69, 9.17) is 0 Å². The third-order valence-electron chi connectivity index (χ3n) is 3.06. The van der Waals surface area contributed by atoms with Crippen molar-refractivity contribution < 1.29 is 0 Å². The number of halogens is 2. The lowest BCUT2D eigenvalue weighted by Gasteiger charge is -2.09. The first-order valence-electron chi connectivity index (χ1n) is 6.08. The van der Waals surface area contributed by atoms with Crippen molar-refractivity contribution in [3.63, 3.8) is 0 Å². The Morgan fingerprint density at radius 1 is 0.895 bits per heavy atom. The van der Waals surface area contributed by atoms with Crippen molar-refractivity contribution >= 4 is 31.9 Å². The highest BCUT2D eigenvalue weighted by Crippen LogP contribution is 2.23. The molecule has 0 spiro atoms. The molecule has 0 aliphatic heterocycles. The molecule has 0 amide bonds. The first-order valence-corrected chi connectivity index (χ1v) is 7.67.